The maximum atomic E-state index is 11.4. The SMILES string of the molecule is CCCCCC(C)Nc1ccc2n[nH]c(=O)n2n1. The lowest BCUT2D eigenvalue weighted by Crippen LogP contribution is -2.19. The third kappa shape index (κ3) is 2.88. The molecule has 1 unspecified atom stereocenters. The zero-order valence-corrected chi connectivity index (χ0v) is 10.8. The number of H-pyrrole nitrogens is 1. The maximum absolute atomic E-state index is 11.4. The molecule has 0 aliphatic carbocycles. The van der Waals surface area contributed by atoms with Gasteiger partial charge in [-0.1, -0.05) is 26.2 Å². The third-order valence-electron chi connectivity index (χ3n) is 2.91. The van der Waals surface area contributed by atoms with E-state index in [1.54, 1.807) is 6.07 Å². The minimum Gasteiger partial charge on any atom is -0.366 e. The van der Waals surface area contributed by atoms with Crippen molar-refractivity contribution >= 4 is 11.5 Å². The molecule has 0 aliphatic rings. The van der Waals surface area contributed by atoms with Crippen LogP contribution in [-0.4, -0.2) is 25.9 Å². The predicted molar refractivity (Wildman–Crippen MR) is 70.8 cm³/mol. The van der Waals surface area contributed by atoms with Gasteiger partial charge in [0, 0.05) is 6.04 Å². The first-order valence-corrected chi connectivity index (χ1v) is 6.41. The largest absolute Gasteiger partial charge is 0.366 e. The highest BCUT2D eigenvalue weighted by Crippen LogP contribution is 2.09. The number of aromatic nitrogens is 4. The highest BCUT2D eigenvalue weighted by atomic mass is 16.2. The molecule has 0 spiro atoms. The van der Waals surface area contributed by atoms with Gasteiger partial charge in [-0.05, 0) is 25.5 Å². The number of rotatable bonds is 6. The fourth-order valence-corrected chi connectivity index (χ4v) is 1.91. The standard InChI is InChI=1S/C12H19N5O/c1-3-4-5-6-9(2)13-10-7-8-11-14-15-12(18)17(11)16-10/h7-9H,3-6H2,1-2H3,(H,13,16)(H,15,18). The van der Waals surface area contributed by atoms with E-state index >= 15 is 0 Å². The van der Waals surface area contributed by atoms with Gasteiger partial charge in [-0.15, -0.1) is 5.10 Å². The van der Waals surface area contributed by atoms with Crippen molar-refractivity contribution < 1.29 is 0 Å². The molecule has 0 fully saturated rings. The van der Waals surface area contributed by atoms with Crippen LogP contribution in [0.3, 0.4) is 0 Å². The van der Waals surface area contributed by atoms with Gasteiger partial charge in [0.25, 0.3) is 0 Å². The van der Waals surface area contributed by atoms with Crippen LogP contribution in [0.2, 0.25) is 0 Å². The van der Waals surface area contributed by atoms with Gasteiger partial charge in [0.05, 0.1) is 0 Å². The monoisotopic (exact) mass is 249 g/mol. The number of anilines is 1. The van der Waals surface area contributed by atoms with E-state index in [0.29, 0.717) is 17.5 Å². The molecule has 6 nitrogen and oxygen atoms in total. The zero-order chi connectivity index (χ0) is 13.0. The van der Waals surface area contributed by atoms with Gasteiger partial charge in [-0.25, -0.2) is 9.89 Å². The summed E-state index contributed by atoms with van der Waals surface area (Å²) in [5, 5.41) is 13.7. The van der Waals surface area contributed by atoms with Gasteiger partial charge < -0.3 is 5.32 Å². The summed E-state index contributed by atoms with van der Waals surface area (Å²) in [4.78, 5) is 11.4. The van der Waals surface area contributed by atoms with Crippen molar-refractivity contribution in [3.05, 3.63) is 22.6 Å². The number of nitrogens with one attached hydrogen (secondary N) is 2. The van der Waals surface area contributed by atoms with Gasteiger partial charge in [-0.2, -0.15) is 9.61 Å². The van der Waals surface area contributed by atoms with Crippen LogP contribution in [0.15, 0.2) is 16.9 Å². The number of unbranched alkanes of at least 4 members (excludes halogenated alkanes) is 2. The first-order valence-electron chi connectivity index (χ1n) is 6.41. The average Bonchev–Trinajstić information content (AvgIpc) is 2.71. The molecular weight excluding hydrogens is 230 g/mol. The summed E-state index contributed by atoms with van der Waals surface area (Å²) in [7, 11) is 0. The Kier molecular flexibility index (Phi) is 3.96. The zero-order valence-electron chi connectivity index (χ0n) is 10.8. The van der Waals surface area contributed by atoms with Crippen molar-refractivity contribution in [1.29, 1.82) is 0 Å². The van der Waals surface area contributed by atoms with E-state index in [9.17, 15) is 4.79 Å². The van der Waals surface area contributed by atoms with Crippen molar-refractivity contribution in [1.82, 2.24) is 19.8 Å². The Morgan fingerprint density at radius 3 is 3.06 bits per heavy atom. The lowest BCUT2D eigenvalue weighted by molar-refractivity contribution is 0.612. The molecule has 2 N–H and O–H groups in total. The van der Waals surface area contributed by atoms with Crippen molar-refractivity contribution in [2.24, 2.45) is 0 Å². The Balaban J connectivity index is 2.02. The smallest absolute Gasteiger partial charge is 0.364 e. The Hall–Kier alpha value is -1.85. The van der Waals surface area contributed by atoms with Crippen LogP contribution < -0.4 is 11.0 Å². The molecule has 0 saturated carbocycles. The molecule has 98 valence electrons. The number of aromatic amines is 1. The van der Waals surface area contributed by atoms with Crippen LogP contribution in [-0.2, 0) is 0 Å². The van der Waals surface area contributed by atoms with Crippen molar-refractivity contribution in [3.8, 4) is 0 Å². The second kappa shape index (κ2) is 5.66. The van der Waals surface area contributed by atoms with Crippen molar-refractivity contribution in [3.63, 3.8) is 0 Å². The van der Waals surface area contributed by atoms with Crippen LogP contribution in [0.25, 0.3) is 5.65 Å². The summed E-state index contributed by atoms with van der Waals surface area (Å²) < 4.78 is 1.26. The molecule has 2 heterocycles. The summed E-state index contributed by atoms with van der Waals surface area (Å²) >= 11 is 0. The Labute approximate surface area is 105 Å². The Morgan fingerprint density at radius 2 is 2.28 bits per heavy atom. The number of hydrogen-bond acceptors (Lipinski definition) is 4. The quantitative estimate of drug-likeness (QED) is 0.765. The van der Waals surface area contributed by atoms with E-state index in [-0.39, 0.29) is 5.69 Å². The molecular formula is C12H19N5O. The molecule has 0 aliphatic heterocycles. The van der Waals surface area contributed by atoms with E-state index in [1.807, 2.05) is 6.07 Å². The van der Waals surface area contributed by atoms with Crippen LogP contribution in [0.5, 0.6) is 0 Å². The maximum Gasteiger partial charge on any atom is 0.364 e. The summed E-state index contributed by atoms with van der Waals surface area (Å²) in [6, 6.07) is 3.96. The molecule has 6 heteroatoms. The van der Waals surface area contributed by atoms with Crippen LogP contribution in [0.4, 0.5) is 5.82 Å². The normalized spacial score (nSPS) is 12.8. The molecule has 0 radical (unpaired) electrons. The number of hydrogen-bond donors (Lipinski definition) is 2. The molecule has 0 bridgehead atoms. The second-order valence-electron chi connectivity index (χ2n) is 4.56. The molecule has 2 aromatic heterocycles. The van der Waals surface area contributed by atoms with Crippen LogP contribution in [0, 0.1) is 0 Å². The number of fused-ring (bicyclic) bond motifs is 1. The van der Waals surface area contributed by atoms with Crippen LogP contribution >= 0.6 is 0 Å². The number of nitrogens with zero attached hydrogens (tertiary/aromatic N) is 3. The van der Waals surface area contributed by atoms with E-state index in [0.717, 1.165) is 6.42 Å². The van der Waals surface area contributed by atoms with Crippen molar-refractivity contribution in [2.45, 2.75) is 45.6 Å². The average molecular weight is 249 g/mol. The van der Waals surface area contributed by atoms with Gasteiger partial charge in [0.15, 0.2) is 5.65 Å². The Morgan fingerprint density at radius 1 is 1.44 bits per heavy atom. The van der Waals surface area contributed by atoms with Crippen LogP contribution in [0.1, 0.15) is 39.5 Å². The molecule has 0 aromatic carbocycles. The lowest BCUT2D eigenvalue weighted by atomic mass is 10.1. The lowest BCUT2D eigenvalue weighted by Gasteiger charge is -2.13. The third-order valence-corrected chi connectivity index (χ3v) is 2.91. The van der Waals surface area contributed by atoms with Gasteiger partial charge >= 0.3 is 5.69 Å². The predicted octanol–water partition coefficient (Wildman–Crippen LogP) is 1.80. The summed E-state index contributed by atoms with van der Waals surface area (Å²) in [5.74, 6) is 0.704. The molecule has 18 heavy (non-hydrogen) atoms. The fourth-order valence-electron chi connectivity index (χ4n) is 1.91. The Bertz CT molecular complexity index is 559. The molecule has 0 saturated heterocycles. The summed E-state index contributed by atoms with van der Waals surface area (Å²) in [6.07, 6.45) is 4.79. The van der Waals surface area contributed by atoms with E-state index in [4.69, 9.17) is 0 Å². The minimum atomic E-state index is -0.313. The van der Waals surface area contributed by atoms with E-state index < -0.39 is 0 Å². The first-order chi connectivity index (χ1) is 8.70. The van der Waals surface area contributed by atoms with E-state index in [1.165, 1.54) is 23.8 Å². The minimum absolute atomic E-state index is 0.313. The second-order valence-corrected chi connectivity index (χ2v) is 4.56. The molecule has 2 aromatic rings. The van der Waals surface area contributed by atoms with Gasteiger partial charge in [0.2, 0.25) is 0 Å². The van der Waals surface area contributed by atoms with Crippen molar-refractivity contribution in [2.75, 3.05) is 5.32 Å². The summed E-state index contributed by atoms with van der Waals surface area (Å²) in [5.41, 5.74) is 0.219. The van der Waals surface area contributed by atoms with Gasteiger partial charge in [-0.3, -0.25) is 0 Å². The molecule has 2 rings (SSSR count). The summed E-state index contributed by atoms with van der Waals surface area (Å²) in [6.45, 7) is 4.32. The molecule has 1 atom stereocenters. The highest BCUT2D eigenvalue weighted by molar-refractivity contribution is 5.43. The highest BCUT2D eigenvalue weighted by Gasteiger charge is 2.05. The van der Waals surface area contributed by atoms with E-state index in [2.05, 4.69) is 34.5 Å². The fraction of sp³-hybridized carbons (Fsp3) is 0.583. The van der Waals surface area contributed by atoms with Gasteiger partial charge in [0.1, 0.15) is 5.82 Å². The topological polar surface area (TPSA) is 75.1 Å². The molecule has 0 amide bonds. The first kappa shape index (κ1) is 12.6.